The van der Waals surface area contributed by atoms with Crippen molar-refractivity contribution >= 4 is 23.5 Å². The largest absolute Gasteiger partial charge is 0.375 e. The van der Waals surface area contributed by atoms with E-state index >= 15 is 0 Å². The second-order valence-electron chi connectivity index (χ2n) is 8.68. The van der Waals surface area contributed by atoms with Crippen LogP contribution in [0.5, 0.6) is 0 Å². The Kier molecular flexibility index (Phi) is 7.18. The number of amides is 4. The normalized spacial score (nSPS) is 18.1. The minimum atomic E-state index is -1.18. The number of benzene rings is 2. The van der Waals surface area contributed by atoms with Gasteiger partial charge in [-0.25, -0.2) is 4.79 Å². The van der Waals surface area contributed by atoms with Gasteiger partial charge in [-0.2, -0.15) is 0 Å². The first-order chi connectivity index (χ1) is 15.2. The van der Waals surface area contributed by atoms with Gasteiger partial charge in [0.15, 0.2) is 0 Å². The summed E-state index contributed by atoms with van der Waals surface area (Å²) in [5.74, 6) is -0.396. The van der Waals surface area contributed by atoms with Crippen molar-refractivity contribution in [2.45, 2.75) is 38.6 Å². The number of para-hydroxylation sites is 1. The van der Waals surface area contributed by atoms with Crippen LogP contribution in [0.1, 0.15) is 44.2 Å². The van der Waals surface area contributed by atoms with Crippen molar-refractivity contribution in [3.8, 4) is 0 Å². The van der Waals surface area contributed by atoms with Gasteiger partial charge in [-0.15, -0.1) is 0 Å². The van der Waals surface area contributed by atoms with Crippen LogP contribution in [0.2, 0.25) is 0 Å². The van der Waals surface area contributed by atoms with E-state index in [0.717, 1.165) is 29.1 Å². The molecule has 7 heteroatoms. The SMILES string of the molecule is CC(C)c1ccc(C2(C)NC(=O)N(CC(=O)NCCCN(C)c3ccccc3)C2=O)cc1. The number of anilines is 1. The van der Waals surface area contributed by atoms with E-state index < -0.39 is 17.5 Å². The molecule has 1 fully saturated rings. The molecule has 1 aliphatic rings. The zero-order valence-electron chi connectivity index (χ0n) is 19.2. The van der Waals surface area contributed by atoms with E-state index in [1.165, 1.54) is 0 Å². The number of carbonyl (C=O) groups excluding carboxylic acids is 3. The maximum atomic E-state index is 13.0. The number of hydrogen-bond donors (Lipinski definition) is 2. The molecule has 0 aromatic heterocycles. The molecule has 1 saturated heterocycles. The Bertz CT molecular complexity index is 959. The number of carbonyl (C=O) groups is 3. The molecule has 0 aliphatic carbocycles. The summed E-state index contributed by atoms with van der Waals surface area (Å²) in [6.07, 6.45) is 0.747. The predicted molar refractivity (Wildman–Crippen MR) is 125 cm³/mol. The summed E-state index contributed by atoms with van der Waals surface area (Å²) in [4.78, 5) is 41.0. The number of rotatable bonds is 9. The number of hydrogen-bond acceptors (Lipinski definition) is 4. The van der Waals surface area contributed by atoms with E-state index in [9.17, 15) is 14.4 Å². The quantitative estimate of drug-likeness (QED) is 0.467. The lowest BCUT2D eigenvalue weighted by atomic mass is 9.90. The van der Waals surface area contributed by atoms with Gasteiger partial charge in [-0.1, -0.05) is 56.3 Å². The molecule has 0 saturated carbocycles. The van der Waals surface area contributed by atoms with E-state index in [0.29, 0.717) is 18.0 Å². The van der Waals surface area contributed by atoms with Gasteiger partial charge in [0.1, 0.15) is 12.1 Å². The average Bonchev–Trinajstić information content (AvgIpc) is 3.01. The van der Waals surface area contributed by atoms with E-state index in [-0.39, 0.29) is 12.5 Å². The molecule has 0 radical (unpaired) electrons. The first-order valence-corrected chi connectivity index (χ1v) is 11.0. The molecule has 4 amide bonds. The van der Waals surface area contributed by atoms with Crippen LogP contribution in [0.15, 0.2) is 54.6 Å². The minimum absolute atomic E-state index is 0.293. The predicted octanol–water partition coefficient (Wildman–Crippen LogP) is 3.22. The highest BCUT2D eigenvalue weighted by molar-refractivity contribution is 6.09. The molecule has 1 atom stereocenters. The summed E-state index contributed by atoms with van der Waals surface area (Å²) in [5, 5.41) is 5.56. The molecule has 3 rings (SSSR count). The first-order valence-electron chi connectivity index (χ1n) is 11.0. The molecule has 2 aromatic rings. The Morgan fingerprint density at radius 2 is 1.75 bits per heavy atom. The highest BCUT2D eigenvalue weighted by Gasteiger charge is 2.49. The lowest BCUT2D eigenvalue weighted by Gasteiger charge is -2.23. The summed E-state index contributed by atoms with van der Waals surface area (Å²) in [6, 6.07) is 17.1. The minimum Gasteiger partial charge on any atom is -0.375 e. The van der Waals surface area contributed by atoms with Gasteiger partial charge in [0.2, 0.25) is 5.91 Å². The molecule has 0 spiro atoms. The highest BCUT2D eigenvalue weighted by atomic mass is 16.2. The Labute approximate surface area is 189 Å². The monoisotopic (exact) mass is 436 g/mol. The molecule has 32 heavy (non-hydrogen) atoms. The van der Waals surface area contributed by atoms with Crippen LogP contribution in [0.25, 0.3) is 0 Å². The van der Waals surface area contributed by atoms with Crippen molar-refractivity contribution in [3.05, 3.63) is 65.7 Å². The van der Waals surface area contributed by atoms with Gasteiger partial charge in [0.05, 0.1) is 0 Å². The maximum Gasteiger partial charge on any atom is 0.325 e. The zero-order chi connectivity index (χ0) is 23.3. The second kappa shape index (κ2) is 9.85. The van der Waals surface area contributed by atoms with Crippen LogP contribution in [0, 0.1) is 0 Å². The van der Waals surface area contributed by atoms with E-state index in [1.807, 2.05) is 61.6 Å². The summed E-state index contributed by atoms with van der Waals surface area (Å²) in [7, 11) is 2.00. The number of nitrogens with one attached hydrogen (secondary N) is 2. The molecular formula is C25H32N4O3. The molecule has 7 nitrogen and oxygen atoms in total. The maximum absolute atomic E-state index is 13.0. The summed E-state index contributed by atoms with van der Waals surface area (Å²) in [6.45, 7) is 6.82. The van der Waals surface area contributed by atoms with Gasteiger partial charge >= 0.3 is 6.03 Å². The van der Waals surface area contributed by atoms with Gasteiger partial charge in [0.25, 0.3) is 5.91 Å². The van der Waals surface area contributed by atoms with Gasteiger partial charge < -0.3 is 15.5 Å². The Balaban J connectivity index is 1.51. The third kappa shape index (κ3) is 5.10. The van der Waals surface area contributed by atoms with Crippen molar-refractivity contribution in [2.24, 2.45) is 0 Å². The smallest absolute Gasteiger partial charge is 0.325 e. The van der Waals surface area contributed by atoms with Crippen LogP contribution < -0.4 is 15.5 Å². The van der Waals surface area contributed by atoms with Gasteiger partial charge in [-0.05, 0) is 42.5 Å². The highest BCUT2D eigenvalue weighted by Crippen LogP contribution is 2.29. The van der Waals surface area contributed by atoms with Crippen LogP contribution >= 0.6 is 0 Å². The topological polar surface area (TPSA) is 81.8 Å². The van der Waals surface area contributed by atoms with Gasteiger partial charge in [-0.3, -0.25) is 14.5 Å². The Morgan fingerprint density at radius 3 is 2.38 bits per heavy atom. The first kappa shape index (κ1) is 23.3. The fourth-order valence-electron chi connectivity index (χ4n) is 3.79. The van der Waals surface area contributed by atoms with Crippen molar-refractivity contribution in [1.29, 1.82) is 0 Å². The third-order valence-corrected chi connectivity index (χ3v) is 5.92. The average molecular weight is 437 g/mol. The van der Waals surface area contributed by atoms with Crippen LogP contribution in [-0.4, -0.2) is 49.4 Å². The van der Waals surface area contributed by atoms with Crippen LogP contribution in [0.4, 0.5) is 10.5 Å². The number of nitrogens with zero attached hydrogens (tertiary/aromatic N) is 2. The third-order valence-electron chi connectivity index (χ3n) is 5.92. The molecule has 2 N–H and O–H groups in total. The Hall–Kier alpha value is -3.35. The summed E-state index contributed by atoms with van der Waals surface area (Å²) >= 11 is 0. The van der Waals surface area contributed by atoms with Crippen LogP contribution in [-0.2, 0) is 15.1 Å². The van der Waals surface area contributed by atoms with Crippen molar-refractivity contribution in [3.63, 3.8) is 0 Å². The van der Waals surface area contributed by atoms with Gasteiger partial charge in [0, 0.05) is 25.8 Å². The lowest BCUT2D eigenvalue weighted by molar-refractivity contribution is -0.134. The second-order valence-corrected chi connectivity index (χ2v) is 8.68. The van der Waals surface area contributed by atoms with Crippen molar-refractivity contribution in [2.75, 3.05) is 31.6 Å². The molecule has 2 aromatic carbocycles. The van der Waals surface area contributed by atoms with E-state index in [1.54, 1.807) is 6.92 Å². The number of urea groups is 1. The molecule has 170 valence electrons. The molecule has 1 heterocycles. The van der Waals surface area contributed by atoms with Crippen LogP contribution in [0.3, 0.4) is 0 Å². The Morgan fingerprint density at radius 1 is 1.09 bits per heavy atom. The summed E-state index contributed by atoms with van der Waals surface area (Å²) < 4.78 is 0. The molecule has 0 bridgehead atoms. The van der Waals surface area contributed by atoms with E-state index in [2.05, 4.69) is 29.4 Å². The zero-order valence-corrected chi connectivity index (χ0v) is 19.2. The molecule has 1 aliphatic heterocycles. The molecule has 1 unspecified atom stereocenters. The van der Waals surface area contributed by atoms with Crippen molar-refractivity contribution in [1.82, 2.24) is 15.5 Å². The lowest BCUT2D eigenvalue weighted by Crippen LogP contribution is -2.43. The fraction of sp³-hybridized carbons (Fsp3) is 0.400. The summed E-state index contributed by atoms with van der Waals surface area (Å²) in [5.41, 5.74) is 1.79. The van der Waals surface area contributed by atoms with Crippen molar-refractivity contribution < 1.29 is 14.4 Å². The standard InChI is InChI=1S/C25H32N4O3/c1-18(2)19-11-13-20(14-12-19)25(3)23(31)29(24(32)27-25)17-22(30)26-15-8-16-28(4)21-9-6-5-7-10-21/h5-7,9-14,18H,8,15-17H2,1-4H3,(H,26,30)(H,27,32). The molecular weight excluding hydrogens is 404 g/mol. The fourth-order valence-corrected chi connectivity index (χ4v) is 3.79. The van der Waals surface area contributed by atoms with E-state index in [4.69, 9.17) is 0 Å². The number of imide groups is 1.